The lowest BCUT2D eigenvalue weighted by Gasteiger charge is -2.31. The molecule has 2 amide bonds. The maximum Gasteiger partial charge on any atom is 0.323 e. The maximum atomic E-state index is 12.0. The third-order valence-electron chi connectivity index (χ3n) is 2.73. The summed E-state index contributed by atoms with van der Waals surface area (Å²) in [5, 5.41) is 5.99. The molecule has 1 aliphatic heterocycles. The Bertz CT molecular complexity index is 408. The number of ether oxygens (including phenoxy) is 1. The zero-order valence-electron chi connectivity index (χ0n) is 10.5. The Hall–Kier alpha value is -1.89. The second kappa shape index (κ2) is 5.63. The van der Waals surface area contributed by atoms with E-state index >= 15 is 0 Å². The van der Waals surface area contributed by atoms with Crippen LogP contribution in [0.5, 0.6) is 5.88 Å². The molecule has 1 saturated heterocycles. The Morgan fingerprint density at radius 1 is 1.56 bits per heavy atom. The van der Waals surface area contributed by atoms with E-state index in [4.69, 9.17) is 4.74 Å². The summed E-state index contributed by atoms with van der Waals surface area (Å²) in [6.45, 7) is 4.24. The number of hydrogen-bond acceptors (Lipinski definition) is 5. The molecule has 2 heterocycles. The lowest BCUT2D eigenvalue weighted by atomic mass is 10.2. The van der Waals surface area contributed by atoms with E-state index in [0.717, 1.165) is 6.54 Å². The maximum absolute atomic E-state index is 12.0. The SMILES string of the molecule is COc1cnc(NC(=O)N2CCNC(C)C2)cn1. The van der Waals surface area contributed by atoms with Crippen molar-refractivity contribution >= 4 is 11.8 Å². The molecule has 1 unspecified atom stereocenters. The van der Waals surface area contributed by atoms with Gasteiger partial charge in [0.25, 0.3) is 0 Å². The van der Waals surface area contributed by atoms with Gasteiger partial charge in [0.15, 0.2) is 5.82 Å². The first-order chi connectivity index (χ1) is 8.69. The summed E-state index contributed by atoms with van der Waals surface area (Å²) in [4.78, 5) is 21.7. The Balaban J connectivity index is 1.93. The molecule has 1 fully saturated rings. The number of methoxy groups -OCH3 is 1. The Morgan fingerprint density at radius 2 is 2.39 bits per heavy atom. The molecular formula is C11H17N5O2. The van der Waals surface area contributed by atoms with Crippen molar-refractivity contribution in [1.29, 1.82) is 0 Å². The molecule has 7 heteroatoms. The highest BCUT2D eigenvalue weighted by Gasteiger charge is 2.20. The van der Waals surface area contributed by atoms with E-state index in [1.165, 1.54) is 19.5 Å². The summed E-state index contributed by atoms with van der Waals surface area (Å²) in [6, 6.07) is 0.161. The molecule has 2 rings (SSSR count). The van der Waals surface area contributed by atoms with Crippen LogP contribution in [0, 0.1) is 0 Å². The third kappa shape index (κ3) is 3.07. The Morgan fingerprint density at radius 3 is 3.00 bits per heavy atom. The molecule has 0 aliphatic carbocycles. The monoisotopic (exact) mass is 251 g/mol. The fourth-order valence-electron chi connectivity index (χ4n) is 1.79. The van der Waals surface area contributed by atoms with Crippen molar-refractivity contribution in [2.24, 2.45) is 0 Å². The van der Waals surface area contributed by atoms with Gasteiger partial charge in [-0.1, -0.05) is 0 Å². The van der Waals surface area contributed by atoms with E-state index in [1.807, 2.05) is 6.92 Å². The lowest BCUT2D eigenvalue weighted by molar-refractivity contribution is 0.192. The van der Waals surface area contributed by atoms with Crippen molar-refractivity contribution in [3.8, 4) is 5.88 Å². The average molecular weight is 251 g/mol. The molecule has 0 saturated carbocycles. The average Bonchev–Trinajstić information content (AvgIpc) is 2.39. The van der Waals surface area contributed by atoms with Crippen LogP contribution in [0.15, 0.2) is 12.4 Å². The Kier molecular flexibility index (Phi) is 3.93. The van der Waals surface area contributed by atoms with Crippen LogP contribution >= 0.6 is 0 Å². The molecule has 0 aromatic carbocycles. The largest absolute Gasteiger partial charge is 0.480 e. The van der Waals surface area contributed by atoms with Gasteiger partial charge in [0, 0.05) is 25.7 Å². The van der Waals surface area contributed by atoms with Crippen LogP contribution in [0.2, 0.25) is 0 Å². The summed E-state index contributed by atoms with van der Waals surface area (Å²) < 4.78 is 4.90. The molecule has 0 spiro atoms. The van der Waals surface area contributed by atoms with Gasteiger partial charge in [0.2, 0.25) is 5.88 Å². The summed E-state index contributed by atoms with van der Waals surface area (Å²) in [6.07, 6.45) is 2.94. The van der Waals surface area contributed by atoms with E-state index in [9.17, 15) is 4.79 Å². The number of carbonyl (C=O) groups excluding carboxylic acids is 1. The first kappa shape index (κ1) is 12.6. The number of anilines is 1. The Labute approximate surface area is 106 Å². The van der Waals surface area contributed by atoms with E-state index in [-0.39, 0.29) is 6.03 Å². The fourth-order valence-corrected chi connectivity index (χ4v) is 1.79. The summed E-state index contributed by atoms with van der Waals surface area (Å²) in [5.74, 6) is 0.843. The number of amides is 2. The van der Waals surface area contributed by atoms with Crippen molar-refractivity contribution in [2.45, 2.75) is 13.0 Å². The summed E-state index contributed by atoms with van der Waals surface area (Å²) in [7, 11) is 1.52. The quantitative estimate of drug-likeness (QED) is 0.791. The highest BCUT2D eigenvalue weighted by Crippen LogP contribution is 2.08. The molecule has 1 atom stereocenters. The topological polar surface area (TPSA) is 79.4 Å². The molecule has 98 valence electrons. The van der Waals surface area contributed by atoms with Crippen LogP contribution in [-0.4, -0.2) is 53.7 Å². The zero-order chi connectivity index (χ0) is 13.0. The van der Waals surface area contributed by atoms with Gasteiger partial charge in [0.05, 0.1) is 19.5 Å². The molecular weight excluding hydrogens is 234 g/mol. The van der Waals surface area contributed by atoms with Crippen LogP contribution in [0.1, 0.15) is 6.92 Å². The van der Waals surface area contributed by atoms with Crippen molar-refractivity contribution < 1.29 is 9.53 Å². The number of urea groups is 1. The number of rotatable bonds is 2. The van der Waals surface area contributed by atoms with Crippen molar-refractivity contribution in [2.75, 3.05) is 32.1 Å². The van der Waals surface area contributed by atoms with Crippen LogP contribution in [0.4, 0.5) is 10.6 Å². The minimum atomic E-state index is -0.150. The van der Waals surface area contributed by atoms with E-state index in [1.54, 1.807) is 4.90 Å². The lowest BCUT2D eigenvalue weighted by Crippen LogP contribution is -2.52. The smallest absolute Gasteiger partial charge is 0.323 e. The molecule has 1 aliphatic rings. The predicted molar refractivity (Wildman–Crippen MR) is 66.6 cm³/mol. The van der Waals surface area contributed by atoms with Gasteiger partial charge in [0.1, 0.15) is 0 Å². The van der Waals surface area contributed by atoms with Crippen LogP contribution in [0.3, 0.4) is 0 Å². The first-order valence-corrected chi connectivity index (χ1v) is 5.84. The van der Waals surface area contributed by atoms with Gasteiger partial charge in [-0.05, 0) is 6.92 Å². The normalized spacial score (nSPS) is 19.4. The second-order valence-electron chi connectivity index (χ2n) is 4.18. The first-order valence-electron chi connectivity index (χ1n) is 5.84. The van der Waals surface area contributed by atoms with E-state index in [0.29, 0.717) is 30.8 Å². The summed E-state index contributed by atoms with van der Waals surface area (Å²) in [5.41, 5.74) is 0. The molecule has 18 heavy (non-hydrogen) atoms. The third-order valence-corrected chi connectivity index (χ3v) is 2.73. The molecule has 1 aromatic heterocycles. The molecule has 7 nitrogen and oxygen atoms in total. The standard InChI is InChI=1S/C11H17N5O2/c1-8-7-16(4-3-12-8)11(17)15-9-5-14-10(18-2)6-13-9/h5-6,8,12H,3-4,7H2,1-2H3,(H,13,15,17). The summed E-state index contributed by atoms with van der Waals surface area (Å²) >= 11 is 0. The van der Waals surface area contributed by atoms with E-state index < -0.39 is 0 Å². The van der Waals surface area contributed by atoms with Gasteiger partial charge in [-0.3, -0.25) is 5.32 Å². The minimum Gasteiger partial charge on any atom is -0.480 e. The van der Waals surface area contributed by atoms with Crippen molar-refractivity contribution in [1.82, 2.24) is 20.2 Å². The molecule has 0 radical (unpaired) electrons. The highest BCUT2D eigenvalue weighted by atomic mass is 16.5. The van der Waals surface area contributed by atoms with Crippen LogP contribution in [0.25, 0.3) is 0 Å². The van der Waals surface area contributed by atoms with Gasteiger partial charge >= 0.3 is 6.03 Å². The number of hydrogen-bond donors (Lipinski definition) is 2. The second-order valence-corrected chi connectivity index (χ2v) is 4.18. The minimum absolute atomic E-state index is 0.150. The number of nitrogens with one attached hydrogen (secondary N) is 2. The van der Waals surface area contributed by atoms with Crippen molar-refractivity contribution in [3.63, 3.8) is 0 Å². The fraction of sp³-hybridized carbons (Fsp3) is 0.545. The number of carbonyl (C=O) groups is 1. The zero-order valence-corrected chi connectivity index (χ0v) is 10.5. The van der Waals surface area contributed by atoms with Crippen molar-refractivity contribution in [3.05, 3.63) is 12.4 Å². The van der Waals surface area contributed by atoms with E-state index in [2.05, 4.69) is 20.6 Å². The van der Waals surface area contributed by atoms with Gasteiger partial charge in [-0.2, -0.15) is 0 Å². The number of aromatic nitrogens is 2. The van der Waals surface area contributed by atoms with Gasteiger partial charge in [-0.25, -0.2) is 14.8 Å². The number of nitrogens with zero attached hydrogens (tertiary/aromatic N) is 3. The predicted octanol–water partition coefficient (Wildman–Crippen LogP) is 0.311. The van der Waals surface area contributed by atoms with Gasteiger partial charge < -0.3 is 15.0 Å². The molecule has 1 aromatic rings. The van der Waals surface area contributed by atoms with Crippen LogP contribution < -0.4 is 15.4 Å². The molecule has 2 N–H and O–H groups in total. The number of piperazine rings is 1. The highest BCUT2D eigenvalue weighted by molar-refractivity contribution is 5.88. The molecule has 0 bridgehead atoms. The van der Waals surface area contributed by atoms with Gasteiger partial charge in [-0.15, -0.1) is 0 Å². The van der Waals surface area contributed by atoms with Crippen LogP contribution in [-0.2, 0) is 0 Å².